The van der Waals surface area contributed by atoms with Gasteiger partial charge in [0.05, 0.1) is 6.61 Å². The molecule has 1 heterocycles. The summed E-state index contributed by atoms with van der Waals surface area (Å²) in [5.74, 6) is 0.840. The molecule has 2 aromatic carbocycles. The molecule has 0 fully saturated rings. The molecule has 0 saturated heterocycles. The molecule has 1 N–H and O–H groups in total. The van der Waals surface area contributed by atoms with Crippen LogP contribution in [-0.4, -0.2) is 11.7 Å². The van der Waals surface area contributed by atoms with Crippen molar-refractivity contribution in [3.63, 3.8) is 0 Å². The Labute approximate surface area is 121 Å². The quantitative estimate of drug-likeness (QED) is 0.916. The Hall–Kier alpha value is -1.32. The van der Waals surface area contributed by atoms with E-state index in [0.717, 1.165) is 27.8 Å². The van der Waals surface area contributed by atoms with E-state index in [2.05, 4.69) is 22.0 Å². The lowest BCUT2D eigenvalue weighted by molar-refractivity contribution is 0.0987. The van der Waals surface area contributed by atoms with Crippen LogP contribution in [-0.2, 0) is 12.0 Å². The second-order valence-corrected chi connectivity index (χ2v) is 5.89. The van der Waals surface area contributed by atoms with Gasteiger partial charge in [-0.15, -0.1) is 0 Å². The van der Waals surface area contributed by atoms with Gasteiger partial charge in [0, 0.05) is 16.5 Å². The van der Waals surface area contributed by atoms with Crippen molar-refractivity contribution in [3.8, 4) is 5.75 Å². The summed E-state index contributed by atoms with van der Waals surface area (Å²) in [6.07, 6.45) is 0.914. The number of benzene rings is 2. The van der Waals surface area contributed by atoms with Gasteiger partial charge in [-0.2, -0.15) is 0 Å². The van der Waals surface area contributed by atoms with E-state index in [1.807, 2.05) is 43.3 Å². The normalized spacial score (nSPS) is 16.6. The topological polar surface area (TPSA) is 29.5 Å². The maximum absolute atomic E-state index is 10.9. The Balaban J connectivity index is 2.13. The standard InChI is InChI=1S/C16H15BrO2/c1-16(18,12-5-3-6-13(17)10-12)14-7-2-4-11-8-9-19-15(11)14/h2-7,10,18H,8-9H2,1H3. The van der Waals surface area contributed by atoms with Gasteiger partial charge in [-0.3, -0.25) is 0 Å². The van der Waals surface area contributed by atoms with Crippen molar-refractivity contribution in [3.05, 3.63) is 63.6 Å². The average molecular weight is 319 g/mol. The number of fused-ring (bicyclic) bond motifs is 1. The predicted octanol–water partition coefficient (Wildman–Crippen LogP) is 3.64. The van der Waals surface area contributed by atoms with Gasteiger partial charge in [-0.05, 0) is 30.2 Å². The maximum atomic E-state index is 10.9. The Bertz CT molecular complexity index is 620. The first-order chi connectivity index (χ1) is 9.09. The fraction of sp³-hybridized carbons (Fsp3) is 0.250. The van der Waals surface area contributed by atoms with E-state index in [1.54, 1.807) is 0 Å². The molecule has 3 heteroatoms. The number of hydrogen-bond donors (Lipinski definition) is 1. The van der Waals surface area contributed by atoms with E-state index in [4.69, 9.17) is 4.74 Å². The summed E-state index contributed by atoms with van der Waals surface area (Å²) in [5.41, 5.74) is 1.80. The molecule has 98 valence electrons. The zero-order valence-corrected chi connectivity index (χ0v) is 12.3. The smallest absolute Gasteiger partial charge is 0.129 e. The Kier molecular flexibility index (Phi) is 3.11. The van der Waals surface area contributed by atoms with Crippen molar-refractivity contribution in [2.75, 3.05) is 6.61 Å². The first-order valence-corrected chi connectivity index (χ1v) is 7.12. The lowest BCUT2D eigenvalue weighted by Gasteiger charge is -2.26. The van der Waals surface area contributed by atoms with Crippen molar-refractivity contribution in [1.82, 2.24) is 0 Å². The van der Waals surface area contributed by atoms with Crippen molar-refractivity contribution in [2.24, 2.45) is 0 Å². The second kappa shape index (κ2) is 4.66. The molecule has 2 nitrogen and oxygen atoms in total. The Morgan fingerprint density at radius 2 is 2.00 bits per heavy atom. The lowest BCUT2D eigenvalue weighted by atomic mass is 9.86. The largest absolute Gasteiger partial charge is 0.493 e. The summed E-state index contributed by atoms with van der Waals surface area (Å²) in [6, 6.07) is 13.7. The highest BCUT2D eigenvalue weighted by molar-refractivity contribution is 9.10. The van der Waals surface area contributed by atoms with Crippen LogP contribution in [0.2, 0.25) is 0 Å². The number of ether oxygens (including phenoxy) is 1. The van der Waals surface area contributed by atoms with Crippen LogP contribution in [0.5, 0.6) is 5.75 Å². The minimum atomic E-state index is -1.06. The summed E-state index contributed by atoms with van der Waals surface area (Å²) in [6.45, 7) is 2.51. The molecule has 0 spiro atoms. The number of para-hydroxylation sites is 1. The Morgan fingerprint density at radius 1 is 1.21 bits per heavy atom. The summed E-state index contributed by atoms with van der Waals surface area (Å²) in [7, 11) is 0. The zero-order chi connectivity index (χ0) is 13.5. The van der Waals surface area contributed by atoms with Crippen LogP contribution in [0.4, 0.5) is 0 Å². The highest BCUT2D eigenvalue weighted by atomic mass is 79.9. The van der Waals surface area contributed by atoms with Crippen LogP contribution < -0.4 is 4.74 Å². The molecule has 3 rings (SSSR count). The van der Waals surface area contributed by atoms with Crippen molar-refractivity contribution in [1.29, 1.82) is 0 Å². The van der Waals surface area contributed by atoms with Crippen molar-refractivity contribution in [2.45, 2.75) is 18.9 Å². The van der Waals surface area contributed by atoms with Crippen molar-refractivity contribution >= 4 is 15.9 Å². The van der Waals surface area contributed by atoms with Gasteiger partial charge in [0.2, 0.25) is 0 Å². The molecule has 0 radical (unpaired) electrons. The Morgan fingerprint density at radius 3 is 2.79 bits per heavy atom. The molecular formula is C16H15BrO2. The molecule has 0 amide bonds. The molecular weight excluding hydrogens is 304 g/mol. The van der Waals surface area contributed by atoms with Gasteiger partial charge in [0.1, 0.15) is 11.4 Å². The summed E-state index contributed by atoms with van der Waals surface area (Å²) in [5, 5.41) is 10.9. The molecule has 19 heavy (non-hydrogen) atoms. The second-order valence-electron chi connectivity index (χ2n) is 4.97. The fourth-order valence-corrected chi connectivity index (χ4v) is 2.94. The minimum absolute atomic E-state index is 0.695. The lowest BCUT2D eigenvalue weighted by Crippen LogP contribution is -2.23. The third kappa shape index (κ3) is 2.17. The third-order valence-electron chi connectivity index (χ3n) is 3.63. The highest BCUT2D eigenvalue weighted by Gasteiger charge is 2.31. The first-order valence-electron chi connectivity index (χ1n) is 6.32. The molecule has 2 aromatic rings. The van der Waals surface area contributed by atoms with Gasteiger partial charge in [-0.25, -0.2) is 0 Å². The molecule has 0 saturated carbocycles. The van der Waals surface area contributed by atoms with Crippen LogP contribution >= 0.6 is 15.9 Å². The van der Waals surface area contributed by atoms with E-state index >= 15 is 0 Å². The van der Waals surface area contributed by atoms with Crippen LogP contribution in [0.3, 0.4) is 0 Å². The van der Waals surface area contributed by atoms with Crippen LogP contribution in [0.25, 0.3) is 0 Å². The zero-order valence-electron chi connectivity index (χ0n) is 10.7. The number of rotatable bonds is 2. The highest BCUT2D eigenvalue weighted by Crippen LogP contribution is 2.40. The molecule has 0 aliphatic carbocycles. The van der Waals surface area contributed by atoms with Gasteiger partial charge in [0.25, 0.3) is 0 Å². The van der Waals surface area contributed by atoms with Gasteiger partial charge < -0.3 is 9.84 Å². The van der Waals surface area contributed by atoms with Crippen LogP contribution in [0.1, 0.15) is 23.6 Å². The van der Waals surface area contributed by atoms with Crippen molar-refractivity contribution < 1.29 is 9.84 Å². The van der Waals surface area contributed by atoms with E-state index in [-0.39, 0.29) is 0 Å². The third-order valence-corrected chi connectivity index (χ3v) is 4.12. The van der Waals surface area contributed by atoms with E-state index in [1.165, 1.54) is 5.56 Å². The molecule has 1 aliphatic heterocycles. The predicted molar refractivity (Wildman–Crippen MR) is 78.5 cm³/mol. The molecule has 0 bridgehead atoms. The van der Waals surface area contributed by atoms with E-state index in [0.29, 0.717) is 6.61 Å². The molecule has 1 aliphatic rings. The fourth-order valence-electron chi connectivity index (χ4n) is 2.55. The average Bonchev–Trinajstić information content (AvgIpc) is 2.86. The number of aliphatic hydroxyl groups is 1. The molecule has 0 aromatic heterocycles. The van der Waals surface area contributed by atoms with Gasteiger partial charge >= 0.3 is 0 Å². The monoisotopic (exact) mass is 318 g/mol. The number of hydrogen-bond acceptors (Lipinski definition) is 2. The molecule has 1 atom stereocenters. The van der Waals surface area contributed by atoms with Gasteiger partial charge in [0.15, 0.2) is 0 Å². The van der Waals surface area contributed by atoms with Crippen LogP contribution in [0.15, 0.2) is 46.9 Å². The summed E-state index contributed by atoms with van der Waals surface area (Å²) >= 11 is 3.45. The maximum Gasteiger partial charge on any atom is 0.129 e. The van der Waals surface area contributed by atoms with Crippen LogP contribution in [0, 0.1) is 0 Å². The van der Waals surface area contributed by atoms with E-state index < -0.39 is 5.60 Å². The summed E-state index contributed by atoms with van der Waals surface area (Å²) in [4.78, 5) is 0. The summed E-state index contributed by atoms with van der Waals surface area (Å²) < 4.78 is 6.65. The van der Waals surface area contributed by atoms with E-state index in [9.17, 15) is 5.11 Å². The first kappa shape index (κ1) is 12.7. The minimum Gasteiger partial charge on any atom is -0.493 e. The SMILES string of the molecule is CC(O)(c1cccc(Br)c1)c1cccc2c1OCC2. The van der Waals surface area contributed by atoms with Gasteiger partial charge in [-0.1, -0.05) is 46.3 Å². The molecule has 1 unspecified atom stereocenters. The number of halogens is 1.